The summed E-state index contributed by atoms with van der Waals surface area (Å²) in [6.07, 6.45) is 1.13. The van der Waals surface area contributed by atoms with Crippen molar-refractivity contribution in [3.05, 3.63) is 0 Å². The molecule has 0 spiro atoms. The van der Waals surface area contributed by atoms with Gasteiger partial charge in [-0.25, -0.2) is 4.79 Å². The van der Waals surface area contributed by atoms with Gasteiger partial charge >= 0.3 is 5.97 Å². The lowest BCUT2D eigenvalue weighted by Gasteiger charge is -2.22. The Bertz CT molecular complexity index is 755. The highest BCUT2D eigenvalue weighted by Gasteiger charge is 2.27. The minimum atomic E-state index is -1.25. The van der Waals surface area contributed by atoms with Gasteiger partial charge in [-0.1, -0.05) is 0 Å². The van der Waals surface area contributed by atoms with Crippen LogP contribution < -0.4 is 44.6 Å². The Balaban J connectivity index is 4.74. The molecule has 0 aliphatic heterocycles. The van der Waals surface area contributed by atoms with Crippen molar-refractivity contribution in [3.8, 4) is 0 Å². The van der Waals surface area contributed by atoms with Crippen molar-refractivity contribution in [2.24, 2.45) is 38.7 Å². The quantitative estimate of drug-likeness (QED) is 0.0419. The first-order valence-electron chi connectivity index (χ1n) is 10.5. The number of hydrogen-bond donors (Lipinski definition) is 10. The van der Waals surface area contributed by atoms with Crippen molar-refractivity contribution in [1.82, 2.24) is 16.0 Å². The minimum Gasteiger partial charge on any atom is -0.480 e. The zero-order chi connectivity index (χ0) is 26.3. The van der Waals surface area contributed by atoms with Crippen molar-refractivity contribution >= 4 is 48.2 Å². The summed E-state index contributed by atoms with van der Waals surface area (Å²) in [4.78, 5) is 56.0. The average Bonchev–Trinajstić information content (AvgIpc) is 2.75. The van der Waals surface area contributed by atoms with Crippen LogP contribution in [0, 0.1) is 0 Å². The number of aliphatic imine (C=N–C) groups is 2. The molecule has 4 unspecified atom stereocenters. The first-order chi connectivity index (χ1) is 15.9. The third-order valence-electron chi connectivity index (χ3n) is 4.43. The number of nitrogens with zero attached hydrogens (tertiary/aromatic N) is 2. The largest absolute Gasteiger partial charge is 0.480 e. The summed E-state index contributed by atoms with van der Waals surface area (Å²) in [5, 5.41) is 16.6. The number of carboxylic acid groups (broad SMARTS) is 1. The highest BCUT2D eigenvalue weighted by atomic mass is 32.1. The Kier molecular flexibility index (Phi) is 14.8. The molecule has 0 radical (unpaired) electrons. The predicted molar refractivity (Wildman–Crippen MR) is 131 cm³/mol. The van der Waals surface area contributed by atoms with E-state index in [1.54, 1.807) is 0 Å². The van der Waals surface area contributed by atoms with Gasteiger partial charge in [0.1, 0.15) is 18.1 Å². The number of nitrogens with one attached hydrogen (secondary N) is 3. The van der Waals surface area contributed by atoms with Crippen molar-refractivity contribution in [2.75, 3.05) is 18.8 Å². The Morgan fingerprint density at radius 2 is 1.32 bits per heavy atom. The van der Waals surface area contributed by atoms with E-state index in [1.807, 2.05) is 0 Å². The summed E-state index contributed by atoms with van der Waals surface area (Å²) >= 11 is 4.04. The van der Waals surface area contributed by atoms with Crippen LogP contribution in [-0.2, 0) is 19.2 Å². The molecule has 0 aromatic heterocycles. The number of carbonyl (C=O) groups excluding carboxylic acids is 3. The van der Waals surface area contributed by atoms with Crippen LogP contribution in [0.4, 0.5) is 0 Å². The summed E-state index contributed by atoms with van der Waals surface area (Å²) in [7, 11) is 0. The molecule has 15 nitrogen and oxygen atoms in total. The SMILES string of the molecule is CC(NC(=O)C(N)CCCN=C(N)N)C(=O)NC(CS)C(=O)NC(CCCN=C(N)N)C(=O)O. The highest BCUT2D eigenvalue weighted by molar-refractivity contribution is 7.80. The smallest absolute Gasteiger partial charge is 0.326 e. The molecule has 3 amide bonds. The zero-order valence-corrected chi connectivity index (χ0v) is 20.0. The molecule has 194 valence electrons. The van der Waals surface area contributed by atoms with E-state index in [9.17, 15) is 24.3 Å². The summed E-state index contributed by atoms with van der Waals surface area (Å²) < 4.78 is 0. The topological polar surface area (TPSA) is 279 Å². The Morgan fingerprint density at radius 1 is 0.824 bits per heavy atom. The van der Waals surface area contributed by atoms with Crippen molar-refractivity contribution in [3.63, 3.8) is 0 Å². The van der Waals surface area contributed by atoms with E-state index in [0.29, 0.717) is 25.8 Å². The monoisotopic (exact) mass is 504 g/mol. The number of aliphatic carboxylic acids is 1. The second-order valence-electron chi connectivity index (χ2n) is 7.38. The molecule has 0 bridgehead atoms. The van der Waals surface area contributed by atoms with Crippen LogP contribution in [0.15, 0.2) is 9.98 Å². The third-order valence-corrected chi connectivity index (χ3v) is 4.80. The number of nitrogens with two attached hydrogens (primary N) is 5. The fourth-order valence-corrected chi connectivity index (χ4v) is 2.82. The minimum absolute atomic E-state index is 0.0632. The second kappa shape index (κ2) is 16.4. The van der Waals surface area contributed by atoms with Crippen LogP contribution in [0.2, 0.25) is 0 Å². The maximum absolute atomic E-state index is 12.5. The highest BCUT2D eigenvalue weighted by Crippen LogP contribution is 2.01. The lowest BCUT2D eigenvalue weighted by Crippen LogP contribution is -2.57. The van der Waals surface area contributed by atoms with Gasteiger partial charge in [0, 0.05) is 18.8 Å². The van der Waals surface area contributed by atoms with Crippen molar-refractivity contribution < 1.29 is 24.3 Å². The van der Waals surface area contributed by atoms with Crippen LogP contribution in [0.1, 0.15) is 32.6 Å². The van der Waals surface area contributed by atoms with Gasteiger partial charge in [-0.3, -0.25) is 24.4 Å². The Hall–Kier alpha value is -3.27. The number of carbonyl (C=O) groups is 4. The molecular formula is C18H36N10O5S. The van der Waals surface area contributed by atoms with Gasteiger partial charge in [-0.05, 0) is 32.6 Å². The van der Waals surface area contributed by atoms with Gasteiger partial charge in [0.05, 0.1) is 6.04 Å². The molecule has 4 atom stereocenters. The second-order valence-corrected chi connectivity index (χ2v) is 7.74. The summed E-state index contributed by atoms with van der Waals surface area (Å²) in [6, 6.07) is -4.25. The van der Waals surface area contributed by atoms with E-state index in [1.165, 1.54) is 6.92 Å². The van der Waals surface area contributed by atoms with Gasteiger partial charge in [-0.2, -0.15) is 12.6 Å². The molecule has 0 aromatic rings. The van der Waals surface area contributed by atoms with E-state index >= 15 is 0 Å². The lowest BCUT2D eigenvalue weighted by atomic mass is 10.1. The molecular weight excluding hydrogens is 468 g/mol. The molecule has 0 saturated heterocycles. The van der Waals surface area contributed by atoms with Gasteiger partial charge in [0.2, 0.25) is 17.7 Å². The fourth-order valence-electron chi connectivity index (χ4n) is 2.56. The number of rotatable bonds is 16. The number of thiol groups is 1. The van der Waals surface area contributed by atoms with Crippen LogP contribution >= 0.6 is 12.6 Å². The average molecular weight is 505 g/mol. The normalized spacial score (nSPS) is 14.0. The molecule has 16 heteroatoms. The van der Waals surface area contributed by atoms with Gasteiger partial charge in [-0.15, -0.1) is 0 Å². The first-order valence-corrected chi connectivity index (χ1v) is 11.1. The number of carboxylic acids is 1. The van der Waals surface area contributed by atoms with Crippen molar-refractivity contribution in [2.45, 2.75) is 56.8 Å². The molecule has 0 heterocycles. The summed E-state index contributed by atoms with van der Waals surface area (Å²) in [5.74, 6) is -3.53. The summed E-state index contributed by atoms with van der Waals surface area (Å²) in [6.45, 7) is 1.92. The van der Waals surface area contributed by atoms with E-state index in [2.05, 4.69) is 38.6 Å². The van der Waals surface area contributed by atoms with E-state index in [0.717, 1.165) is 0 Å². The van der Waals surface area contributed by atoms with Gasteiger partial charge < -0.3 is 49.7 Å². The number of amides is 3. The molecule has 0 saturated carbocycles. The molecule has 34 heavy (non-hydrogen) atoms. The van der Waals surface area contributed by atoms with Crippen LogP contribution in [0.5, 0.6) is 0 Å². The molecule has 0 aliphatic carbocycles. The molecule has 0 fully saturated rings. The van der Waals surface area contributed by atoms with Crippen molar-refractivity contribution in [1.29, 1.82) is 0 Å². The number of guanidine groups is 2. The van der Waals surface area contributed by atoms with Crippen LogP contribution in [0.25, 0.3) is 0 Å². The lowest BCUT2D eigenvalue weighted by molar-refractivity contribution is -0.142. The maximum atomic E-state index is 12.5. The third kappa shape index (κ3) is 13.3. The standard InChI is InChI=1S/C18H36N10O5S/c1-9(26-14(30)10(19)4-2-6-24-17(20)21)13(29)28-12(8-34)15(31)27-11(16(32)33)5-3-7-25-18(22)23/h9-12,34H,2-8,19H2,1H3,(H,26,30)(H,27,31)(H,28,29)(H,32,33)(H4,20,21,24)(H4,22,23,25). The zero-order valence-electron chi connectivity index (χ0n) is 19.1. The van der Waals surface area contributed by atoms with E-state index < -0.39 is 47.9 Å². The van der Waals surface area contributed by atoms with E-state index in [4.69, 9.17) is 28.7 Å². The first kappa shape index (κ1) is 30.7. The maximum Gasteiger partial charge on any atom is 0.326 e. The molecule has 0 aliphatic rings. The molecule has 0 aromatic carbocycles. The van der Waals surface area contributed by atoms with Crippen LogP contribution in [-0.4, -0.2) is 83.7 Å². The van der Waals surface area contributed by atoms with Gasteiger partial charge in [0.25, 0.3) is 0 Å². The molecule has 14 N–H and O–H groups in total. The summed E-state index contributed by atoms with van der Waals surface area (Å²) in [5.41, 5.74) is 26.6. The van der Waals surface area contributed by atoms with E-state index in [-0.39, 0.29) is 30.6 Å². The fraction of sp³-hybridized carbons (Fsp3) is 0.667. The number of hydrogen-bond acceptors (Lipinski definition) is 8. The molecule has 0 rings (SSSR count). The van der Waals surface area contributed by atoms with Gasteiger partial charge in [0.15, 0.2) is 11.9 Å². The predicted octanol–water partition coefficient (Wildman–Crippen LogP) is -4.09. The Labute approximate surface area is 203 Å². The Morgan fingerprint density at radius 3 is 1.79 bits per heavy atom. The van der Waals surface area contributed by atoms with Crippen LogP contribution in [0.3, 0.4) is 0 Å².